The quantitative estimate of drug-likeness (QED) is 0.614. The van der Waals surface area contributed by atoms with E-state index < -0.39 is 15.6 Å². The van der Waals surface area contributed by atoms with Gasteiger partial charge in [0.15, 0.2) is 0 Å². The highest BCUT2D eigenvalue weighted by Crippen LogP contribution is 2.46. The van der Waals surface area contributed by atoms with E-state index in [0.717, 1.165) is 18.4 Å². The molecule has 26 heavy (non-hydrogen) atoms. The van der Waals surface area contributed by atoms with Crippen LogP contribution in [0.3, 0.4) is 0 Å². The molecule has 2 aromatic carbocycles. The molecule has 1 saturated carbocycles. The van der Waals surface area contributed by atoms with Crippen molar-refractivity contribution in [3.05, 3.63) is 65.7 Å². The Kier molecular flexibility index (Phi) is 5.41. The molecule has 0 atom stereocenters. The van der Waals surface area contributed by atoms with Crippen LogP contribution < -0.4 is 15.4 Å². The van der Waals surface area contributed by atoms with Crippen LogP contribution in [0.15, 0.2) is 59.5 Å². The van der Waals surface area contributed by atoms with Gasteiger partial charge in [0, 0.05) is 18.7 Å². The lowest BCUT2D eigenvalue weighted by atomic mass is 10.1. The van der Waals surface area contributed by atoms with E-state index in [1.165, 1.54) is 12.1 Å². The Hall–Kier alpha value is -2.22. The topological polar surface area (TPSA) is 87.3 Å². The molecule has 0 saturated heterocycles. The maximum atomic E-state index is 12.8. The zero-order chi connectivity index (χ0) is 18.6. The summed E-state index contributed by atoms with van der Waals surface area (Å²) < 4.78 is 28.5. The van der Waals surface area contributed by atoms with E-state index in [-0.39, 0.29) is 10.8 Å². The molecule has 7 heteroatoms. The molecule has 3 rings (SSSR count). The van der Waals surface area contributed by atoms with Crippen LogP contribution >= 0.6 is 0 Å². The highest BCUT2D eigenvalue weighted by molar-refractivity contribution is 7.89. The van der Waals surface area contributed by atoms with Crippen LogP contribution in [0.2, 0.25) is 0 Å². The van der Waals surface area contributed by atoms with Gasteiger partial charge in [0.25, 0.3) is 5.91 Å². The number of amides is 1. The molecule has 1 aliphatic rings. The van der Waals surface area contributed by atoms with Crippen molar-refractivity contribution in [2.45, 2.75) is 23.3 Å². The van der Waals surface area contributed by atoms with Crippen molar-refractivity contribution in [2.24, 2.45) is 0 Å². The van der Waals surface area contributed by atoms with E-state index in [2.05, 4.69) is 15.4 Å². The highest BCUT2D eigenvalue weighted by Gasteiger charge is 2.47. The van der Waals surface area contributed by atoms with Gasteiger partial charge in [-0.1, -0.05) is 36.4 Å². The first kappa shape index (κ1) is 18.6. The van der Waals surface area contributed by atoms with Gasteiger partial charge in [0.05, 0.1) is 10.4 Å². The molecule has 0 unspecified atom stereocenters. The third-order valence-electron chi connectivity index (χ3n) is 4.47. The summed E-state index contributed by atoms with van der Waals surface area (Å²) in [7, 11) is -1.93. The summed E-state index contributed by atoms with van der Waals surface area (Å²) in [6, 6.07) is 15.7. The Morgan fingerprint density at radius 1 is 1.04 bits per heavy atom. The minimum absolute atomic E-state index is 0.0981. The molecule has 1 amide bonds. The van der Waals surface area contributed by atoms with E-state index >= 15 is 0 Å². The van der Waals surface area contributed by atoms with Crippen molar-refractivity contribution in [3.8, 4) is 0 Å². The highest BCUT2D eigenvalue weighted by atomic mass is 32.2. The Morgan fingerprint density at radius 2 is 1.77 bits per heavy atom. The average Bonchev–Trinajstić information content (AvgIpc) is 3.43. The number of likely N-dealkylation sites (N-methyl/N-ethyl adjacent to an activating group) is 1. The Balaban J connectivity index is 1.78. The normalized spacial score (nSPS) is 15.4. The second-order valence-corrected chi connectivity index (χ2v) is 8.12. The third-order valence-corrected chi connectivity index (χ3v) is 6.01. The first-order chi connectivity index (χ1) is 12.5. The van der Waals surface area contributed by atoms with E-state index in [0.29, 0.717) is 18.7 Å². The van der Waals surface area contributed by atoms with Crippen molar-refractivity contribution in [3.63, 3.8) is 0 Å². The summed E-state index contributed by atoms with van der Waals surface area (Å²) in [5.74, 6) is -0.290. The Labute approximate surface area is 154 Å². The van der Waals surface area contributed by atoms with Gasteiger partial charge in [-0.2, -0.15) is 0 Å². The number of carbonyl (C=O) groups is 1. The standard InChI is InChI=1S/C19H23N3O3S/c1-20-12-13-21-18(23)15-6-5-9-17(14-15)26(24,25)22-19(10-11-19)16-7-3-2-4-8-16/h2-9,14,20,22H,10-13H2,1H3,(H,21,23). The second kappa shape index (κ2) is 7.57. The fourth-order valence-corrected chi connectivity index (χ4v) is 4.35. The molecule has 3 N–H and O–H groups in total. The van der Waals surface area contributed by atoms with Crippen molar-refractivity contribution in [1.29, 1.82) is 0 Å². The molecule has 2 aromatic rings. The summed E-state index contributed by atoms with van der Waals surface area (Å²) in [5, 5.41) is 5.69. The zero-order valence-corrected chi connectivity index (χ0v) is 15.5. The number of rotatable bonds is 8. The monoisotopic (exact) mass is 373 g/mol. The number of hydrogen-bond donors (Lipinski definition) is 3. The molecular formula is C19H23N3O3S. The van der Waals surface area contributed by atoms with Gasteiger partial charge in [-0.15, -0.1) is 0 Å². The molecule has 1 aliphatic carbocycles. The third kappa shape index (κ3) is 4.12. The summed E-state index contributed by atoms with van der Waals surface area (Å²) in [5.41, 5.74) is 0.753. The van der Waals surface area contributed by atoms with Gasteiger partial charge in [0.2, 0.25) is 10.0 Å². The fourth-order valence-electron chi connectivity index (χ4n) is 2.86. The minimum atomic E-state index is -3.73. The van der Waals surface area contributed by atoms with Crippen LogP contribution in [0, 0.1) is 0 Å². The number of sulfonamides is 1. The summed E-state index contributed by atoms with van der Waals surface area (Å²) in [4.78, 5) is 12.3. The van der Waals surface area contributed by atoms with Crippen LogP contribution in [-0.2, 0) is 15.6 Å². The average molecular weight is 373 g/mol. The van der Waals surface area contributed by atoms with Gasteiger partial charge >= 0.3 is 0 Å². The van der Waals surface area contributed by atoms with E-state index in [1.807, 2.05) is 30.3 Å². The van der Waals surface area contributed by atoms with Gasteiger partial charge in [-0.3, -0.25) is 4.79 Å². The molecule has 0 spiro atoms. The summed E-state index contributed by atoms with van der Waals surface area (Å²) in [6.45, 7) is 1.12. The van der Waals surface area contributed by atoms with Gasteiger partial charge in [-0.25, -0.2) is 13.1 Å². The van der Waals surface area contributed by atoms with Crippen LogP contribution in [0.5, 0.6) is 0 Å². The molecule has 138 valence electrons. The number of carbonyl (C=O) groups excluding carboxylic acids is 1. The molecule has 0 aromatic heterocycles. The van der Waals surface area contributed by atoms with Crippen LogP contribution in [-0.4, -0.2) is 34.5 Å². The smallest absolute Gasteiger partial charge is 0.251 e. The SMILES string of the molecule is CNCCNC(=O)c1cccc(S(=O)(=O)NC2(c3ccccc3)CC2)c1. The lowest BCUT2D eigenvalue weighted by Crippen LogP contribution is -2.35. The number of nitrogens with one attached hydrogen (secondary N) is 3. The maximum Gasteiger partial charge on any atom is 0.251 e. The zero-order valence-electron chi connectivity index (χ0n) is 14.7. The van der Waals surface area contributed by atoms with Gasteiger partial charge < -0.3 is 10.6 Å². The lowest BCUT2D eigenvalue weighted by Gasteiger charge is -2.18. The number of benzene rings is 2. The molecule has 0 bridgehead atoms. The van der Waals surface area contributed by atoms with Crippen molar-refractivity contribution >= 4 is 15.9 Å². The summed E-state index contributed by atoms with van der Waals surface area (Å²) >= 11 is 0. The fraction of sp³-hybridized carbons (Fsp3) is 0.316. The molecular weight excluding hydrogens is 350 g/mol. The van der Waals surface area contributed by atoms with Crippen molar-refractivity contribution in [2.75, 3.05) is 20.1 Å². The van der Waals surface area contributed by atoms with Crippen molar-refractivity contribution < 1.29 is 13.2 Å². The molecule has 0 aliphatic heterocycles. The van der Waals surface area contributed by atoms with Gasteiger partial charge in [-0.05, 0) is 43.7 Å². The molecule has 0 heterocycles. The minimum Gasteiger partial charge on any atom is -0.351 e. The number of hydrogen-bond acceptors (Lipinski definition) is 4. The second-order valence-electron chi connectivity index (χ2n) is 6.44. The molecule has 0 radical (unpaired) electrons. The molecule has 6 nitrogen and oxygen atoms in total. The van der Waals surface area contributed by atoms with Gasteiger partial charge in [0.1, 0.15) is 0 Å². The van der Waals surface area contributed by atoms with E-state index in [1.54, 1.807) is 19.2 Å². The largest absolute Gasteiger partial charge is 0.351 e. The molecule has 1 fully saturated rings. The van der Waals surface area contributed by atoms with Crippen LogP contribution in [0.4, 0.5) is 0 Å². The van der Waals surface area contributed by atoms with Crippen molar-refractivity contribution in [1.82, 2.24) is 15.4 Å². The maximum absolute atomic E-state index is 12.8. The lowest BCUT2D eigenvalue weighted by molar-refractivity contribution is 0.0954. The van der Waals surface area contributed by atoms with Crippen LogP contribution in [0.1, 0.15) is 28.8 Å². The summed E-state index contributed by atoms with van der Waals surface area (Å²) in [6.07, 6.45) is 1.53. The first-order valence-electron chi connectivity index (χ1n) is 8.59. The predicted molar refractivity (Wildman–Crippen MR) is 100 cm³/mol. The predicted octanol–water partition coefficient (Wildman–Crippen LogP) is 1.60. The van der Waals surface area contributed by atoms with E-state index in [4.69, 9.17) is 0 Å². The Bertz CT molecular complexity index is 878. The van der Waals surface area contributed by atoms with Crippen LogP contribution in [0.25, 0.3) is 0 Å². The van der Waals surface area contributed by atoms with E-state index in [9.17, 15) is 13.2 Å². The Morgan fingerprint density at radius 3 is 2.42 bits per heavy atom. The first-order valence-corrected chi connectivity index (χ1v) is 10.1.